The van der Waals surface area contributed by atoms with E-state index < -0.39 is 9.84 Å². The van der Waals surface area contributed by atoms with E-state index in [0.29, 0.717) is 52.2 Å². The first kappa shape index (κ1) is 30.6. The second-order valence-electron chi connectivity index (χ2n) is 9.52. The van der Waals surface area contributed by atoms with Gasteiger partial charge in [0.1, 0.15) is 41.1 Å². The normalized spacial score (nSPS) is 11.5. The second kappa shape index (κ2) is 13.6. The number of rotatable bonds is 13. The highest BCUT2D eigenvalue weighted by Gasteiger charge is 2.16. The molecule has 0 amide bonds. The molecule has 0 spiro atoms. The van der Waals surface area contributed by atoms with Crippen LogP contribution in [-0.2, 0) is 23.0 Å². The smallest absolute Gasteiger partial charge is 0.151 e. The first-order chi connectivity index (χ1) is 20.7. The van der Waals surface area contributed by atoms with Gasteiger partial charge < -0.3 is 20.1 Å². The molecule has 0 unspecified atom stereocenters. The molecule has 0 radical (unpaired) electrons. The number of methoxy groups -OCH3 is 1. The molecule has 0 aliphatic heterocycles. The number of nitrogens with one attached hydrogen (secondary N) is 2. The van der Waals surface area contributed by atoms with Crippen LogP contribution in [0.25, 0.3) is 22.2 Å². The monoisotopic (exact) mass is 641 g/mol. The van der Waals surface area contributed by atoms with Crippen LogP contribution >= 0.6 is 22.9 Å². The number of hydrogen-bond donors (Lipinski definition) is 2. The van der Waals surface area contributed by atoms with Gasteiger partial charge in [-0.1, -0.05) is 30.7 Å². The zero-order valence-electron chi connectivity index (χ0n) is 23.4. The molecule has 3 aromatic carbocycles. The Morgan fingerprint density at radius 2 is 1.93 bits per heavy atom. The Bertz CT molecular complexity index is 1850. The quantitative estimate of drug-likeness (QED) is 0.141. The third-order valence-electron chi connectivity index (χ3n) is 6.57. The number of aromatic nitrogens is 3. The minimum Gasteiger partial charge on any atom is -0.496 e. The summed E-state index contributed by atoms with van der Waals surface area (Å²) in [7, 11) is -1.44. The van der Waals surface area contributed by atoms with Crippen LogP contribution in [0.4, 0.5) is 15.9 Å². The largest absolute Gasteiger partial charge is 0.496 e. The van der Waals surface area contributed by atoms with Crippen molar-refractivity contribution in [2.45, 2.75) is 20.1 Å². The fraction of sp³-hybridized carbons (Fsp3) is 0.233. The third-order valence-corrected chi connectivity index (χ3v) is 9.42. The number of fused-ring (bicyclic) bond motifs is 1. The van der Waals surface area contributed by atoms with Gasteiger partial charge >= 0.3 is 0 Å². The van der Waals surface area contributed by atoms with Gasteiger partial charge in [0.2, 0.25) is 0 Å². The van der Waals surface area contributed by atoms with E-state index in [1.165, 1.54) is 29.8 Å². The molecule has 2 aromatic heterocycles. The number of hydrogen-bond acceptors (Lipinski definition) is 10. The summed E-state index contributed by atoms with van der Waals surface area (Å²) in [6.07, 6.45) is 1.47. The maximum atomic E-state index is 13.5. The van der Waals surface area contributed by atoms with Crippen molar-refractivity contribution in [2.75, 3.05) is 30.5 Å². The van der Waals surface area contributed by atoms with Crippen LogP contribution in [0.3, 0.4) is 0 Å². The standard InChI is InChI=1S/C30H29ClFN5O4S2/c1-3-43(38,39)10-9-33-15-29-37-26(17-42-29)22-13-23-25(14-28(22)40-2)34-18-35-30(23)36-21-7-8-27(24(31)12-21)41-16-19-5-4-6-20(32)11-19/h4-8,11-14,17-18,33H,3,9-10,15-16H2,1-2H3,(H,34,35,36). The number of anilines is 2. The zero-order chi connectivity index (χ0) is 30.4. The molecule has 0 atom stereocenters. The average molecular weight is 642 g/mol. The summed E-state index contributed by atoms with van der Waals surface area (Å²) in [6.45, 7) is 2.64. The van der Waals surface area contributed by atoms with Gasteiger partial charge in [-0.15, -0.1) is 11.3 Å². The van der Waals surface area contributed by atoms with E-state index >= 15 is 0 Å². The van der Waals surface area contributed by atoms with Gasteiger partial charge in [-0.2, -0.15) is 0 Å². The molecule has 9 nitrogen and oxygen atoms in total. The van der Waals surface area contributed by atoms with Crippen molar-refractivity contribution >= 4 is 55.2 Å². The fourth-order valence-corrected chi connectivity index (χ4v) is 6.00. The van der Waals surface area contributed by atoms with Crippen molar-refractivity contribution in [1.29, 1.82) is 0 Å². The molecule has 224 valence electrons. The Morgan fingerprint density at radius 3 is 2.70 bits per heavy atom. The highest BCUT2D eigenvalue weighted by molar-refractivity contribution is 7.91. The van der Waals surface area contributed by atoms with Gasteiger partial charge in [0, 0.05) is 46.9 Å². The van der Waals surface area contributed by atoms with Crippen LogP contribution in [-0.4, -0.2) is 48.5 Å². The van der Waals surface area contributed by atoms with Crippen molar-refractivity contribution in [2.24, 2.45) is 0 Å². The van der Waals surface area contributed by atoms with Gasteiger partial charge in [0.25, 0.3) is 0 Å². The SMILES string of the molecule is CCS(=O)(=O)CCNCc1nc(-c2cc3c(Nc4ccc(OCc5cccc(F)c5)c(Cl)c4)ncnc3cc2OC)cs1. The van der Waals surface area contributed by atoms with Gasteiger partial charge in [-0.25, -0.2) is 27.8 Å². The molecule has 5 aromatic rings. The van der Waals surface area contributed by atoms with Crippen LogP contribution in [0.1, 0.15) is 17.5 Å². The molecule has 2 N–H and O–H groups in total. The van der Waals surface area contributed by atoms with Crippen LogP contribution in [0.15, 0.2) is 66.3 Å². The van der Waals surface area contributed by atoms with Crippen LogP contribution < -0.4 is 20.1 Å². The van der Waals surface area contributed by atoms with E-state index in [9.17, 15) is 12.8 Å². The first-order valence-corrected chi connectivity index (χ1v) is 16.4. The predicted molar refractivity (Wildman–Crippen MR) is 169 cm³/mol. The molecular weight excluding hydrogens is 613 g/mol. The number of benzene rings is 3. The van der Waals surface area contributed by atoms with Crippen molar-refractivity contribution in [1.82, 2.24) is 20.3 Å². The summed E-state index contributed by atoms with van der Waals surface area (Å²) in [5.41, 5.74) is 3.55. The molecule has 0 saturated carbocycles. The molecule has 0 aliphatic carbocycles. The summed E-state index contributed by atoms with van der Waals surface area (Å²) < 4.78 is 48.4. The van der Waals surface area contributed by atoms with E-state index in [-0.39, 0.29) is 23.9 Å². The summed E-state index contributed by atoms with van der Waals surface area (Å²) >= 11 is 7.98. The summed E-state index contributed by atoms with van der Waals surface area (Å²) in [4.78, 5) is 13.6. The Balaban J connectivity index is 1.33. The molecule has 5 rings (SSSR count). The number of ether oxygens (including phenoxy) is 2. The lowest BCUT2D eigenvalue weighted by Crippen LogP contribution is -2.23. The molecule has 0 aliphatic rings. The Kier molecular flexibility index (Phi) is 9.71. The maximum Gasteiger partial charge on any atom is 0.151 e. The zero-order valence-corrected chi connectivity index (χ0v) is 25.8. The minimum atomic E-state index is -3.03. The van der Waals surface area contributed by atoms with E-state index in [1.54, 1.807) is 38.3 Å². The number of sulfone groups is 1. The molecule has 0 saturated heterocycles. The van der Waals surface area contributed by atoms with E-state index in [4.69, 9.17) is 26.1 Å². The van der Waals surface area contributed by atoms with E-state index in [2.05, 4.69) is 20.6 Å². The third kappa shape index (κ3) is 7.77. The minimum absolute atomic E-state index is 0.0892. The van der Waals surface area contributed by atoms with Crippen molar-refractivity contribution < 1.29 is 22.3 Å². The molecule has 2 heterocycles. The van der Waals surface area contributed by atoms with Gasteiger partial charge in [0.05, 0.1) is 29.1 Å². The topological polar surface area (TPSA) is 115 Å². The van der Waals surface area contributed by atoms with E-state index in [1.807, 2.05) is 23.6 Å². The molecule has 0 fully saturated rings. The Hall–Kier alpha value is -3.84. The Labute approximate surface area is 258 Å². The number of halogens is 2. The highest BCUT2D eigenvalue weighted by atomic mass is 35.5. The first-order valence-electron chi connectivity index (χ1n) is 13.4. The highest BCUT2D eigenvalue weighted by Crippen LogP contribution is 2.37. The lowest BCUT2D eigenvalue weighted by molar-refractivity contribution is 0.306. The van der Waals surface area contributed by atoms with Gasteiger partial charge in [0.15, 0.2) is 9.84 Å². The number of nitrogens with zero attached hydrogens (tertiary/aromatic N) is 3. The van der Waals surface area contributed by atoms with Gasteiger partial charge in [-0.05, 0) is 42.0 Å². The fourth-order valence-electron chi connectivity index (χ4n) is 4.26. The summed E-state index contributed by atoms with van der Waals surface area (Å²) in [5, 5.41) is 10.4. The van der Waals surface area contributed by atoms with Crippen LogP contribution in [0, 0.1) is 5.82 Å². The molecular formula is C30H29ClFN5O4S2. The van der Waals surface area contributed by atoms with Gasteiger partial charge in [-0.3, -0.25) is 0 Å². The van der Waals surface area contributed by atoms with E-state index in [0.717, 1.165) is 21.7 Å². The summed E-state index contributed by atoms with van der Waals surface area (Å²) in [5.74, 6) is 1.53. The van der Waals surface area contributed by atoms with Crippen molar-refractivity contribution in [3.63, 3.8) is 0 Å². The Morgan fingerprint density at radius 1 is 1.07 bits per heavy atom. The van der Waals surface area contributed by atoms with Crippen molar-refractivity contribution in [3.8, 4) is 22.8 Å². The van der Waals surface area contributed by atoms with Crippen molar-refractivity contribution in [3.05, 3.63) is 87.7 Å². The van der Waals surface area contributed by atoms with Crippen LogP contribution in [0.2, 0.25) is 5.02 Å². The van der Waals surface area contributed by atoms with Crippen LogP contribution in [0.5, 0.6) is 11.5 Å². The molecule has 13 heteroatoms. The lowest BCUT2D eigenvalue weighted by atomic mass is 10.1. The lowest BCUT2D eigenvalue weighted by Gasteiger charge is -2.13. The number of thiazole rings is 1. The molecule has 0 bridgehead atoms. The summed E-state index contributed by atoms with van der Waals surface area (Å²) in [6, 6.07) is 15.3. The predicted octanol–water partition coefficient (Wildman–Crippen LogP) is 6.40. The second-order valence-corrected chi connectivity index (χ2v) is 13.3. The average Bonchev–Trinajstić information content (AvgIpc) is 3.47. The molecule has 43 heavy (non-hydrogen) atoms. The maximum absolute atomic E-state index is 13.5.